The summed E-state index contributed by atoms with van der Waals surface area (Å²) in [6.45, 7) is 5.03. The maximum atomic E-state index is 10.4. The van der Waals surface area contributed by atoms with Crippen molar-refractivity contribution in [3.8, 4) is 0 Å². The Hall–Kier alpha value is -0.830. The minimum absolute atomic E-state index is 0.321. The third-order valence-electron chi connectivity index (χ3n) is 2.18. The zero-order valence-electron chi connectivity index (χ0n) is 7.08. The lowest BCUT2D eigenvalue weighted by molar-refractivity contribution is -0.133. The third kappa shape index (κ3) is 2.66. The minimum atomic E-state index is -0.874. The van der Waals surface area contributed by atoms with Crippen molar-refractivity contribution in [2.75, 3.05) is 13.2 Å². The van der Waals surface area contributed by atoms with Gasteiger partial charge in [0.15, 0.2) is 0 Å². The SMILES string of the molecule is C=C(CC1CCOCC1)C(=O)O. The average Bonchev–Trinajstić information content (AvgIpc) is 2.06. The fraction of sp³-hybridized carbons (Fsp3) is 0.667. The molecule has 68 valence electrons. The zero-order valence-corrected chi connectivity index (χ0v) is 7.08. The van der Waals surface area contributed by atoms with E-state index in [9.17, 15) is 4.79 Å². The molecule has 0 aromatic rings. The summed E-state index contributed by atoms with van der Waals surface area (Å²) in [5, 5.41) is 8.58. The molecular weight excluding hydrogens is 156 g/mol. The summed E-state index contributed by atoms with van der Waals surface area (Å²) >= 11 is 0. The summed E-state index contributed by atoms with van der Waals surface area (Å²) in [7, 11) is 0. The number of rotatable bonds is 3. The van der Waals surface area contributed by atoms with E-state index in [1.807, 2.05) is 0 Å². The molecule has 0 aromatic heterocycles. The summed E-state index contributed by atoms with van der Waals surface area (Å²) in [6.07, 6.45) is 2.54. The molecule has 3 nitrogen and oxygen atoms in total. The summed E-state index contributed by atoms with van der Waals surface area (Å²) in [6, 6.07) is 0. The Labute approximate surface area is 72.0 Å². The number of hydrogen-bond acceptors (Lipinski definition) is 2. The van der Waals surface area contributed by atoms with E-state index >= 15 is 0 Å². The molecule has 0 bridgehead atoms. The average molecular weight is 170 g/mol. The van der Waals surface area contributed by atoms with Gasteiger partial charge in [-0.25, -0.2) is 4.79 Å². The van der Waals surface area contributed by atoms with Gasteiger partial charge in [-0.1, -0.05) is 6.58 Å². The van der Waals surface area contributed by atoms with Crippen LogP contribution in [0.25, 0.3) is 0 Å². The molecule has 0 atom stereocenters. The van der Waals surface area contributed by atoms with Crippen molar-refractivity contribution in [1.29, 1.82) is 0 Å². The van der Waals surface area contributed by atoms with Crippen LogP contribution in [0.2, 0.25) is 0 Å². The van der Waals surface area contributed by atoms with Gasteiger partial charge in [0.2, 0.25) is 0 Å². The number of hydrogen-bond donors (Lipinski definition) is 1. The highest BCUT2D eigenvalue weighted by Crippen LogP contribution is 2.21. The molecule has 0 unspecified atom stereocenters. The second kappa shape index (κ2) is 4.26. The first kappa shape index (κ1) is 9.26. The van der Waals surface area contributed by atoms with E-state index in [4.69, 9.17) is 9.84 Å². The van der Waals surface area contributed by atoms with Gasteiger partial charge in [-0.3, -0.25) is 0 Å². The second-order valence-corrected chi connectivity index (χ2v) is 3.17. The second-order valence-electron chi connectivity index (χ2n) is 3.17. The van der Waals surface area contributed by atoms with Crippen LogP contribution >= 0.6 is 0 Å². The van der Waals surface area contributed by atoms with Crippen LogP contribution in [-0.4, -0.2) is 24.3 Å². The number of carboxylic acid groups (broad SMARTS) is 1. The van der Waals surface area contributed by atoms with Gasteiger partial charge in [-0.05, 0) is 25.2 Å². The highest BCUT2D eigenvalue weighted by Gasteiger charge is 2.16. The van der Waals surface area contributed by atoms with Crippen molar-refractivity contribution in [3.05, 3.63) is 12.2 Å². The van der Waals surface area contributed by atoms with Crippen molar-refractivity contribution >= 4 is 5.97 Å². The third-order valence-corrected chi connectivity index (χ3v) is 2.18. The molecule has 0 radical (unpaired) electrons. The Bertz CT molecular complexity index is 180. The van der Waals surface area contributed by atoms with Gasteiger partial charge in [0.05, 0.1) is 0 Å². The molecule has 1 heterocycles. The Balaban J connectivity index is 2.29. The highest BCUT2D eigenvalue weighted by atomic mass is 16.5. The fourth-order valence-electron chi connectivity index (χ4n) is 1.39. The lowest BCUT2D eigenvalue weighted by Crippen LogP contribution is -2.17. The van der Waals surface area contributed by atoms with Crippen molar-refractivity contribution in [2.45, 2.75) is 19.3 Å². The Morgan fingerprint density at radius 2 is 2.08 bits per heavy atom. The van der Waals surface area contributed by atoms with Crippen molar-refractivity contribution in [2.24, 2.45) is 5.92 Å². The van der Waals surface area contributed by atoms with E-state index in [1.54, 1.807) is 0 Å². The Kier molecular flexibility index (Phi) is 3.29. The van der Waals surface area contributed by atoms with Crippen LogP contribution in [0.4, 0.5) is 0 Å². The van der Waals surface area contributed by atoms with Gasteiger partial charge in [0, 0.05) is 18.8 Å². The molecule has 0 aromatic carbocycles. The molecule has 1 rings (SSSR count). The van der Waals surface area contributed by atoms with Gasteiger partial charge in [0.25, 0.3) is 0 Å². The number of carboxylic acids is 1. The van der Waals surface area contributed by atoms with Crippen LogP contribution in [0.15, 0.2) is 12.2 Å². The fourth-order valence-corrected chi connectivity index (χ4v) is 1.39. The van der Waals surface area contributed by atoms with E-state index in [0.29, 0.717) is 17.9 Å². The smallest absolute Gasteiger partial charge is 0.330 e. The molecular formula is C9H14O3. The maximum absolute atomic E-state index is 10.4. The lowest BCUT2D eigenvalue weighted by atomic mass is 9.93. The summed E-state index contributed by atoms with van der Waals surface area (Å²) in [5.41, 5.74) is 0.321. The van der Waals surface area contributed by atoms with Crippen LogP contribution in [0.3, 0.4) is 0 Å². The number of ether oxygens (including phenoxy) is 1. The molecule has 0 spiro atoms. The first-order valence-electron chi connectivity index (χ1n) is 4.19. The molecule has 1 N–H and O–H groups in total. The van der Waals surface area contributed by atoms with Crippen LogP contribution in [0.1, 0.15) is 19.3 Å². The minimum Gasteiger partial charge on any atom is -0.478 e. The summed E-state index contributed by atoms with van der Waals surface area (Å²) < 4.78 is 5.16. The summed E-state index contributed by atoms with van der Waals surface area (Å²) in [4.78, 5) is 10.4. The van der Waals surface area contributed by atoms with Crippen LogP contribution in [0, 0.1) is 5.92 Å². The first-order valence-corrected chi connectivity index (χ1v) is 4.19. The predicted molar refractivity (Wildman–Crippen MR) is 44.9 cm³/mol. The standard InChI is InChI=1S/C9H14O3/c1-7(9(10)11)6-8-2-4-12-5-3-8/h8H,1-6H2,(H,10,11). The number of carbonyl (C=O) groups is 1. The predicted octanol–water partition coefficient (Wildman–Crippen LogP) is 1.44. The van der Waals surface area contributed by atoms with Crippen molar-refractivity contribution in [1.82, 2.24) is 0 Å². The molecule has 1 aliphatic rings. The van der Waals surface area contributed by atoms with E-state index in [-0.39, 0.29) is 0 Å². The molecule has 3 heteroatoms. The van der Waals surface area contributed by atoms with Gasteiger partial charge in [0.1, 0.15) is 0 Å². The van der Waals surface area contributed by atoms with Crippen LogP contribution in [0.5, 0.6) is 0 Å². The quantitative estimate of drug-likeness (QED) is 0.652. The molecule has 1 fully saturated rings. The van der Waals surface area contributed by atoms with Gasteiger partial charge < -0.3 is 9.84 Å². The lowest BCUT2D eigenvalue weighted by Gasteiger charge is -2.21. The largest absolute Gasteiger partial charge is 0.478 e. The van der Waals surface area contributed by atoms with Crippen molar-refractivity contribution in [3.63, 3.8) is 0 Å². The molecule has 1 aliphatic heterocycles. The summed E-state index contributed by atoms with van der Waals surface area (Å²) in [5.74, 6) is -0.413. The van der Waals surface area contributed by atoms with Gasteiger partial charge in [-0.15, -0.1) is 0 Å². The van der Waals surface area contributed by atoms with Crippen LogP contribution in [-0.2, 0) is 9.53 Å². The van der Waals surface area contributed by atoms with Gasteiger partial charge in [-0.2, -0.15) is 0 Å². The monoisotopic (exact) mass is 170 g/mol. The molecule has 1 saturated heterocycles. The maximum Gasteiger partial charge on any atom is 0.330 e. The molecule has 0 saturated carbocycles. The Morgan fingerprint density at radius 1 is 1.50 bits per heavy atom. The van der Waals surface area contributed by atoms with E-state index in [0.717, 1.165) is 26.1 Å². The molecule has 0 amide bonds. The number of aliphatic carboxylic acids is 1. The van der Waals surface area contributed by atoms with E-state index < -0.39 is 5.97 Å². The van der Waals surface area contributed by atoms with Crippen LogP contribution < -0.4 is 0 Å². The van der Waals surface area contributed by atoms with E-state index in [2.05, 4.69) is 6.58 Å². The topological polar surface area (TPSA) is 46.5 Å². The molecule has 12 heavy (non-hydrogen) atoms. The Morgan fingerprint density at radius 3 is 2.58 bits per heavy atom. The zero-order chi connectivity index (χ0) is 8.97. The normalized spacial score (nSPS) is 19.0. The highest BCUT2D eigenvalue weighted by molar-refractivity contribution is 5.85. The van der Waals surface area contributed by atoms with Crippen molar-refractivity contribution < 1.29 is 14.6 Å². The molecule has 0 aliphatic carbocycles. The van der Waals surface area contributed by atoms with Gasteiger partial charge >= 0.3 is 5.97 Å². The first-order chi connectivity index (χ1) is 5.70. The van der Waals surface area contributed by atoms with E-state index in [1.165, 1.54) is 0 Å².